The zero-order chi connectivity index (χ0) is 13.8. The van der Waals surface area contributed by atoms with Crippen molar-refractivity contribution in [2.45, 2.75) is 39.7 Å². The molecular weight excluding hydrogens is 246 g/mol. The number of aryl methyl sites for hydroxylation is 2. The van der Waals surface area contributed by atoms with Crippen molar-refractivity contribution in [2.75, 3.05) is 11.5 Å². The molecule has 1 atom stereocenters. The van der Waals surface area contributed by atoms with E-state index < -0.39 is 15.9 Å². The molecule has 1 unspecified atom stereocenters. The van der Waals surface area contributed by atoms with E-state index in [-0.39, 0.29) is 11.5 Å². The Bertz CT molecular complexity index is 495. The van der Waals surface area contributed by atoms with Gasteiger partial charge in [0.15, 0.2) is 9.84 Å². The number of sulfone groups is 1. The van der Waals surface area contributed by atoms with Gasteiger partial charge in [0, 0.05) is 6.04 Å². The van der Waals surface area contributed by atoms with Crippen LogP contribution >= 0.6 is 0 Å². The average Bonchev–Trinajstić information content (AvgIpc) is 2.25. The van der Waals surface area contributed by atoms with Crippen LogP contribution in [0.1, 0.15) is 42.5 Å². The zero-order valence-corrected chi connectivity index (χ0v) is 12.3. The summed E-state index contributed by atoms with van der Waals surface area (Å²) < 4.78 is 23.7. The third kappa shape index (κ3) is 4.42. The molecule has 1 rings (SSSR count). The van der Waals surface area contributed by atoms with Crippen LogP contribution in [0.25, 0.3) is 0 Å². The lowest BCUT2D eigenvalue weighted by Gasteiger charge is -2.15. The molecular formula is C14H23NO2S. The number of rotatable bonds is 6. The van der Waals surface area contributed by atoms with Crippen LogP contribution in [-0.2, 0) is 9.84 Å². The van der Waals surface area contributed by atoms with Crippen molar-refractivity contribution in [3.05, 3.63) is 34.9 Å². The van der Waals surface area contributed by atoms with Crippen LogP contribution in [-0.4, -0.2) is 19.9 Å². The molecule has 0 aliphatic rings. The van der Waals surface area contributed by atoms with E-state index in [0.717, 1.165) is 23.1 Å². The predicted octanol–water partition coefficient (Wildman–Crippen LogP) is 2.52. The fourth-order valence-corrected chi connectivity index (χ4v) is 3.67. The summed E-state index contributed by atoms with van der Waals surface area (Å²) in [6.07, 6.45) is 1.60. The highest BCUT2D eigenvalue weighted by Crippen LogP contribution is 2.19. The minimum absolute atomic E-state index is 0.0386. The lowest BCUT2D eigenvalue weighted by molar-refractivity contribution is 0.585. The highest BCUT2D eigenvalue weighted by Gasteiger charge is 2.18. The molecule has 0 amide bonds. The second kappa shape index (κ2) is 6.34. The van der Waals surface area contributed by atoms with Gasteiger partial charge in [0.1, 0.15) is 0 Å². The van der Waals surface area contributed by atoms with E-state index in [4.69, 9.17) is 5.73 Å². The van der Waals surface area contributed by atoms with E-state index in [2.05, 4.69) is 0 Å². The van der Waals surface area contributed by atoms with E-state index in [9.17, 15) is 8.42 Å². The summed E-state index contributed by atoms with van der Waals surface area (Å²) in [7, 11) is -3.04. The van der Waals surface area contributed by atoms with Crippen molar-refractivity contribution < 1.29 is 8.42 Å². The van der Waals surface area contributed by atoms with Gasteiger partial charge in [0.2, 0.25) is 0 Å². The van der Waals surface area contributed by atoms with Gasteiger partial charge in [-0.15, -0.1) is 0 Å². The van der Waals surface area contributed by atoms with E-state index in [1.54, 1.807) is 0 Å². The zero-order valence-electron chi connectivity index (χ0n) is 11.4. The minimum atomic E-state index is -3.04. The molecule has 102 valence electrons. The minimum Gasteiger partial charge on any atom is -0.323 e. The summed E-state index contributed by atoms with van der Waals surface area (Å²) in [5.74, 6) is 0.277. The van der Waals surface area contributed by atoms with Gasteiger partial charge >= 0.3 is 0 Å². The molecule has 0 radical (unpaired) electrons. The summed E-state index contributed by atoms with van der Waals surface area (Å²) in [5, 5.41) is 0. The molecule has 2 N–H and O–H groups in total. The van der Waals surface area contributed by atoms with E-state index in [1.165, 1.54) is 0 Å². The second-order valence-electron chi connectivity index (χ2n) is 4.93. The number of nitrogens with two attached hydrogens (primary N) is 1. The van der Waals surface area contributed by atoms with Gasteiger partial charge in [-0.25, -0.2) is 8.42 Å². The Morgan fingerprint density at radius 3 is 2.50 bits per heavy atom. The molecule has 0 aromatic heterocycles. The Morgan fingerprint density at radius 2 is 1.94 bits per heavy atom. The lowest BCUT2D eigenvalue weighted by Crippen LogP contribution is -2.24. The molecule has 18 heavy (non-hydrogen) atoms. The molecule has 0 saturated heterocycles. The Labute approximate surface area is 110 Å². The van der Waals surface area contributed by atoms with Gasteiger partial charge in [-0.3, -0.25) is 0 Å². The molecule has 1 aromatic rings. The summed E-state index contributed by atoms with van der Waals surface area (Å²) in [6, 6.07) is 5.52. The maximum Gasteiger partial charge on any atom is 0.152 e. The Balaban J connectivity index is 2.79. The molecule has 0 heterocycles. The Kier molecular flexibility index (Phi) is 5.35. The second-order valence-corrected chi connectivity index (χ2v) is 7.16. The molecule has 0 saturated carbocycles. The third-order valence-electron chi connectivity index (χ3n) is 3.07. The molecule has 0 aliphatic heterocycles. The Morgan fingerprint density at radius 1 is 1.28 bits per heavy atom. The number of benzene rings is 1. The van der Waals surface area contributed by atoms with Gasteiger partial charge in [0.05, 0.1) is 11.5 Å². The molecule has 0 bridgehead atoms. The van der Waals surface area contributed by atoms with Crippen molar-refractivity contribution in [1.29, 1.82) is 0 Å². The van der Waals surface area contributed by atoms with Gasteiger partial charge in [-0.2, -0.15) is 0 Å². The summed E-state index contributed by atoms with van der Waals surface area (Å²) in [4.78, 5) is 0. The molecule has 0 spiro atoms. The number of hydrogen-bond donors (Lipinski definition) is 1. The maximum absolute atomic E-state index is 11.9. The van der Waals surface area contributed by atoms with Crippen LogP contribution in [0.15, 0.2) is 18.2 Å². The van der Waals surface area contributed by atoms with Crippen LogP contribution in [0.2, 0.25) is 0 Å². The maximum atomic E-state index is 11.9. The first-order chi connectivity index (χ1) is 8.35. The standard InChI is InChI=1S/C14H23NO2S/c1-4-5-8-18(16,17)10-14(15)13-7-6-11(2)9-12(13)3/h6-7,9,14H,4-5,8,10,15H2,1-3H3. The molecule has 0 fully saturated rings. The van der Waals surface area contributed by atoms with Gasteiger partial charge in [-0.05, 0) is 31.4 Å². The first-order valence-corrected chi connectivity index (χ1v) is 8.21. The molecule has 4 heteroatoms. The summed E-state index contributed by atoms with van der Waals surface area (Å²) in [6.45, 7) is 5.97. The number of unbranched alkanes of at least 4 members (excludes halogenated alkanes) is 1. The summed E-state index contributed by atoms with van der Waals surface area (Å²) >= 11 is 0. The molecule has 1 aromatic carbocycles. The Hall–Kier alpha value is -0.870. The largest absolute Gasteiger partial charge is 0.323 e. The third-order valence-corrected chi connectivity index (χ3v) is 4.84. The first kappa shape index (κ1) is 15.2. The van der Waals surface area contributed by atoms with Gasteiger partial charge in [-0.1, -0.05) is 37.1 Å². The van der Waals surface area contributed by atoms with E-state index in [0.29, 0.717) is 6.42 Å². The van der Waals surface area contributed by atoms with Crippen molar-refractivity contribution >= 4 is 9.84 Å². The van der Waals surface area contributed by atoms with Crippen molar-refractivity contribution in [3.8, 4) is 0 Å². The fourth-order valence-electron chi connectivity index (χ4n) is 2.05. The topological polar surface area (TPSA) is 60.2 Å². The normalized spacial score (nSPS) is 13.6. The lowest BCUT2D eigenvalue weighted by atomic mass is 10.0. The van der Waals surface area contributed by atoms with Crippen LogP contribution < -0.4 is 5.73 Å². The fraction of sp³-hybridized carbons (Fsp3) is 0.571. The highest BCUT2D eigenvalue weighted by molar-refractivity contribution is 7.91. The number of hydrogen-bond acceptors (Lipinski definition) is 3. The van der Waals surface area contributed by atoms with Crippen LogP contribution in [0, 0.1) is 13.8 Å². The van der Waals surface area contributed by atoms with Gasteiger partial charge in [0.25, 0.3) is 0 Å². The van der Waals surface area contributed by atoms with Crippen molar-refractivity contribution in [2.24, 2.45) is 5.73 Å². The monoisotopic (exact) mass is 269 g/mol. The molecule has 3 nitrogen and oxygen atoms in total. The SMILES string of the molecule is CCCCS(=O)(=O)CC(N)c1ccc(C)cc1C. The van der Waals surface area contributed by atoms with Crippen LogP contribution in [0.4, 0.5) is 0 Å². The van der Waals surface area contributed by atoms with E-state index >= 15 is 0 Å². The molecule has 0 aliphatic carbocycles. The van der Waals surface area contributed by atoms with Crippen LogP contribution in [0.3, 0.4) is 0 Å². The smallest absolute Gasteiger partial charge is 0.152 e. The highest BCUT2D eigenvalue weighted by atomic mass is 32.2. The quantitative estimate of drug-likeness (QED) is 0.863. The van der Waals surface area contributed by atoms with Crippen molar-refractivity contribution in [3.63, 3.8) is 0 Å². The predicted molar refractivity (Wildman–Crippen MR) is 76.4 cm³/mol. The average molecular weight is 269 g/mol. The van der Waals surface area contributed by atoms with Gasteiger partial charge < -0.3 is 5.73 Å². The summed E-state index contributed by atoms with van der Waals surface area (Å²) in [5.41, 5.74) is 9.18. The van der Waals surface area contributed by atoms with Crippen molar-refractivity contribution in [1.82, 2.24) is 0 Å². The first-order valence-electron chi connectivity index (χ1n) is 6.39. The van der Waals surface area contributed by atoms with E-state index in [1.807, 2.05) is 39.0 Å². The van der Waals surface area contributed by atoms with Crippen LogP contribution in [0.5, 0.6) is 0 Å².